The lowest BCUT2D eigenvalue weighted by Crippen LogP contribution is -2.64. The zero-order valence-electron chi connectivity index (χ0n) is 16.4. The molecule has 2 fully saturated rings. The predicted octanol–water partition coefficient (Wildman–Crippen LogP) is 2.04. The molecule has 9 heteroatoms. The van der Waals surface area contributed by atoms with Crippen LogP contribution in [-0.2, 0) is 16.0 Å². The minimum atomic E-state index is -0.317. The minimum absolute atomic E-state index is 0.0824. The van der Waals surface area contributed by atoms with Gasteiger partial charge in [-0.2, -0.15) is 0 Å². The standard InChI is InChI=1S/C21H23N5O3S/c27-18(6-5-17-22-14-3-1-2-4-15(14)23-17)25-10-7-13(8-11-25)26-20(28)19-16(9-12-30-19)24-21(26)29/h1-4,9,12-13,16,19H,5-8,10-11H2,(H,22,23)(H,24,29). The smallest absolute Gasteiger partial charge is 0.324 e. The molecule has 4 amide bonds. The van der Waals surface area contributed by atoms with Gasteiger partial charge >= 0.3 is 6.03 Å². The average Bonchev–Trinajstić information content (AvgIpc) is 3.39. The molecule has 0 radical (unpaired) electrons. The summed E-state index contributed by atoms with van der Waals surface area (Å²) < 4.78 is 0. The molecule has 1 aromatic heterocycles. The summed E-state index contributed by atoms with van der Waals surface area (Å²) in [6.45, 7) is 1.11. The van der Waals surface area contributed by atoms with Crippen molar-refractivity contribution in [3.63, 3.8) is 0 Å². The van der Waals surface area contributed by atoms with Crippen molar-refractivity contribution in [2.24, 2.45) is 0 Å². The second kappa shape index (κ2) is 7.79. The second-order valence-corrected chi connectivity index (χ2v) is 8.93. The lowest BCUT2D eigenvalue weighted by Gasteiger charge is -2.41. The summed E-state index contributed by atoms with van der Waals surface area (Å²) in [5, 5.41) is 4.52. The van der Waals surface area contributed by atoms with Crippen LogP contribution in [0.4, 0.5) is 4.79 Å². The number of likely N-dealkylation sites (tertiary alicyclic amines) is 1. The highest BCUT2D eigenvalue weighted by Crippen LogP contribution is 2.31. The molecule has 8 nitrogen and oxygen atoms in total. The van der Waals surface area contributed by atoms with Crippen LogP contribution in [-0.4, -0.2) is 68.0 Å². The Hall–Kier alpha value is -2.81. The Balaban J connectivity index is 1.15. The number of imide groups is 1. The number of para-hydroxylation sites is 2. The number of carbonyl (C=O) groups excluding carboxylic acids is 3. The highest BCUT2D eigenvalue weighted by atomic mass is 32.2. The number of aromatic nitrogens is 2. The first-order valence-corrected chi connectivity index (χ1v) is 11.2. The Kier molecular flexibility index (Phi) is 4.98. The Bertz CT molecular complexity index is 994. The number of fused-ring (bicyclic) bond motifs is 2. The molecule has 3 aliphatic rings. The first-order valence-electron chi connectivity index (χ1n) is 10.3. The van der Waals surface area contributed by atoms with E-state index in [1.165, 1.54) is 16.7 Å². The predicted molar refractivity (Wildman–Crippen MR) is 114 cm³/mol. The lowest BCUT2D eigenvalue weighted by atomic mass is 10.00. The number of urea groups is 1. The van der Waals surface area contributed by atoms with E-state index in [-0.39, 0.29) is 35.2 Å². The van der Waals surface area contributed by atoms with E-state index < -0.39 is 0 Å². The maximum absolute atomic E-state index is 12.8. The second-order valence-electron chi connectivity index (χ2n) is 7.88. The largest absolute Gasteiger partial charge is 0.343 e. The van der Waals surface area contributed by atoms with E-state index in [0.29, 0.717) is 38.8 Å². The summed E-state index contributed by atoms with van der Waals surface area (Å²) in [6, 6.07) is 7.14. The van der Waals surface area contributed by atoms with E-state index in [1.54, 1.807) is 0 Å². The van der Waals surface area contributed by atoms with E-state index in [2.05, 4.69) is 15.3 Å². The Labute approximate surface area is 178 Å². The Morgan fingerprint density at radius 3 is 2.80 bits per heavy atom. The number of aryl methyl sites for hydroxylation is 1. The number of hydrogen-bond donors (Lipinski definition) is 2. The zero-order chi connectivity index (χ0) is 20.7. The highest BCUT2D eigenvalue weighted by molar-refractivity contribution is 8.03. The van der Waals surface area contributed by atoms with Crippen LogP contribution in [0.5, 0.6) is 0 Å². The molecular weight excluding hydrogens is 402 g/mol. The summed E-state index contributed by atoms with van der Waals surface area (Å²) in [6.07, 6.45) is 4.05. The fraction of sp³-hybridized carbons (Fsp3) is 0.429. The lowest BCUT2D eigenvalue weighted by molar-refractivity contribution is -0.134. The van der Waals surface area contributed by atoms with Gasteiger partial charge < -0.3 is 15.2 Å². The van der Waals surface area contributed by atoms with Crippen molar-refractivity contribution in [3.8, 4) is 0 Å². The SMILES string of the molecule is O=C(CCc1nc2ccccc2[nH]1)N1CCC(N2C(=O)NC3C=CSC3C2=O)CC1. The summed E-state index contributed by atoms with van der Waals surface area (Å²) in [4.78, 5) is 48.9. The normalized spacial score (nSPS) is 24.4. The van der Waals surface area contributed by atoms with Crippen LogP contribution >= 0.6 is 11.8 Å². The van der Waals surface area contributed by atoms with Crippen LogP contribution < -0.4 is 5.32 Å². The van der Waals surface area contributed by atoms with Crippen LogP contribution in [0.25, 0.3) is 11.0 Å². The van der Waals surface area contributed by atoms with Crippen LogP contribution in [0.1, 0.15) is 25.1 Å². The monoisotopic (exact) mass is 425 g/mol. The molecule has 156 valence electrons. The number of aromatic amines is 1. The molecule has 2 saturated heterocycles. The van der Waals surface area contributed by atoms with Crippen molar-refractivity contribution < 1.29 is 14.4 Å². The quantitative estimate of drug-likeness (QED) is 0.781. The van der Waals surface area contributed by atoms with Gasteiger partial charge in [0, 0.05) is 32.0 Å². The number of carbonyl (C=O) groups is 3. The molecule has 1 aromatic carbocycles. The number of piperidine rings is 1. The van der Waals surface area contributed by atoms with Gasteiger partial charge in [-0.3, -0.25) is 14.5 Å². The van der Waals surface area contributed by atoms with Gasteiger partial charge in [-0.15, -0.1) is 11.8 Å². The van der Waals surface area contributed by atoms with Crippen molar-refractivity contribution in [2.45, 2.75) is 43.0 Å². The Morgan fingerprint density at radius 1 is 1.20 bits per heavy atom. The summed E-state index contributed by atoms with van der Waals surface area (Å²) in [7, 11) is 0. The number of benzene rings is 1. The van der Waals surface area contributed by atoms with E-state index in [4.69, 9.17) is 0 Å². The van der Waals surface area contributed by atoms with Crippen molar-refractivity contribution in [1.29, 1.82) is 0 Å². The van der Waals surface area contributed by atoms with E-state index in [0.717, 1.165) is 16.9 Å². The third-order valence-electron chi connectivity index (χ3n) is 6.02. The molecule has 2 aromatic rings. The number of rotatable bonds is 4. The number of H-pyrrole nitrogens is 1. The van der Waals surface area contributed by atoms with Crippen molar-refractivity contribution in [3.05, 3.63) is 41.6 Å². The summed E-state index contributed by atoms with van der Waals surface area (Å²) >= 11 is 1.46. The van der Waals surface area contributed by atoms with Crippen LogP contribution in [0, 0.1) is 0 Å². The van der Waals surface area contributed by atoms with Gasteiger partial charge in [0.15, 0.2) is 0 Å². The molecular formula is C21H23N5O3S. The number of imidazole rings is 1. The molecule has 2 unspecified atom stereocenters. The maximum Gasteiger partial charge on any atom is 0.324 e. The number of nitrogens with zero attached hydrogens (tertiary/aromatic N) is 3. The molecule has 2 atom stereocenters. The fourth-order valence-corrected chi connectivity index (χ4v) is 5.40. The van der Waals surface area contributed by atoms with Crippen molar-refractivity contribution >= 4 is 40.6 Å². The molecule has 0 saturated carbocycles. The fourth-order valence-electron chi connectivity index (χ4n) is 4.41. The molecule has 2 N–H and O–H groups in total. The summed E-state index contributed by atoms with van der Waals surface area (Å²) in [5.41, 5.74) is 1.88. The van der Waals surface area contributed by atoms with E-state index in [1.807, 2.05) is 40.6 Å². The van der Waals surface area contributed by atoms with E-state index >= 15 is 0 Å². The minimum Gasteiger partial charge on any atom is -0.343 e. The van der Waals surface area contributed by atoms with E-state index in [9.17, 15) is 14.4 Å². The zero-order valence-corrected chi connectivity index (χ0v) is 17.2. The van der Waals surface area contributed by atoms with Gasteiger partial charge in [-0.1, -0.05) is 18.2 Å². The third-order valence-corrected chi connectivity index (χ3v) is 7.13. The van der Waals surface area contributed by atoms with Crippen molar-refractivity contribution in [2.75, 3.05) is 13.1 Å². The first kappa shape index (κ1) is 19.2. The molecule has 0 spiro atoms. The molecule has 30 heavy (non-hydrogen) atoms. The molecule has 5 rings (SSSR count). The van der Waals surface area contributed by atoms with Gasteiger partial charge in [0.2, 0.25) is 11.8 Å². The molecule has 0 aliphatic carbocycles. The molecule has 0 bridgehead atoms. The van der Waals surface area contributed by atoms with Crippen molar-refractivity contribution in [1.82, 2.24) is 25.1 Å². The molecule has 4 heterocycles. The van der Waals surface area contributed by atoms with Gasteiger partial charge in [-0.25, -0.2) is 9.78 Å². The van der Waals surface area contributed by atoms with Crippen LogP contribution in [0.3, 0.4) is 0 Å². The number of nitrogens with one attached hydrogen (secondary N) is 2. The van der Waals surface area contributed by atoms with Crippen LogP contribution in [0.2, 0.25) is 0 Å². The number of hydrogen-bond acceptors (Lipinski definition) is 5. The van der Waals surface area contributed by atoms with Crippen LogP contribution in [0.15, 0.2) is 35.7 Å². The topological polar surface area (TPSA) is 98.4 Å². The number of amides is 4. The Morgan fingerprint density at radius 2 is 2.00 bits per heavy atom. The number of thioether (sulfide) groups is 1. The van der Waals surface area contributed by atoms with Gasteiger partial charge in [0.25, 0.3) is 0 Å². The van der Waals surface area contributed by atoms with Gasteiger partial charge in [-0.05, 0) is 30.4 Å². The van der Waals surface area contributed by atoms with Gasteiger partial charge in [0.05, 0.1) is 17.1 Å². The average molecular weight is 426 g/mol. The first-order chi connectivity index (χ1) is 14.6. The molecule has 3 aliphatic heterocycles. The highest BCUT2D eigenvalue weighted by Gasteiger charge is 2.45. The third kappa shape index (κ3) is 3.47. The summed E-state index contributed by atoms with van der Waals surface area (Å²) in [5.74, 6) is 0.777. The van der Waals surface area contributed by atoms with Gasteiger partial charge in [0.1, 0.15) is 11.1 Å². The maximum atomic E-state index is 12.8.